The summed E-state index contributed by atoms with van der Waals surface area (Å²) in [6.07, 6.45) is 1.17. The molecule has 30 heavy (non-hydrogen) atoms. The number of amides is 2. The highest BCUT2D eigenvalue weighted by Crippen LogP contribution is 2.36. The van der Waals surface area contributed by atoms with Crippen LogP contribution in [-0.4, -0.2) is 53.1 Å². The number of thioether (sulfide) groups is 1. The van der Waals surface area contributed by atoms with E-state index in [1.165, 1.54) is 29.5 Å². The number of aromatic nitrogens is 1. The number of anilines is 1. The highest BCUT2D eigenvalue weighted by Gasteiger charge is 2.25. The summed E-state index contributed by atoms with van der Waals surface area (Å²) in [5.74, 6) is 3.01. The summed E-state index contributed by atoms with van der Waals surface area (Å²) in [5, 5.41) is 5.25. The third kappa shape index (κ3) is 5.07. The molecule has 2 aliphatic rings. The van der Waals surface area contributed by atoms with Crippen molar-refractivity contribution in [3.8, 4) is 22.8 Å². The largest absolute Gasteiger partial charge is 0.454 e. The Bertz CT molecular complexity index is 923. The molecule has 7 nitrogen and oxygen atoms in total. The van der Waals surface area contributed by atoms with E-state index in [2.05, 4.69) is 24.1 Å². The number of carbonyl (C=O) groups excluding carboxylic acids is 2. The number of hydrogen-bond donors (Lipinski definition) is 1. The maximum absolute atomic E-state index is 12.4. The van der Waals surface area contributed by atoms with E-state index in [9.17, 15) is 9.59 Å². The maximum Gasteiger partial charge on any atom is 0.236 e. The summed E-state index contributed by atoms with van der Waals surface area (Å²) >= 11 is 2.71. The molecule has 1 N–H and O–H groups in total. The Morgan fingerprint density at radius 1 is 1.20 bits per heavy atom. The number of thiazole rings is 1. The Hall–Kier alpha value is -2.26. The Morgan fingerprint density at radius 3 is 2.77 bits per heavy atom. The van der Waals surface area contributed by atoms with E-state index in [0.717, 1.165) is 30.1 Å². The summed E-state index contributed by atoms with van der Waals surface area (Å²) in [6, 6.07) is 5.65. The van der Waals surface area contributed by atoms with Gasteiger partial charge in [-0.1, -0.05) is 13.8 Å². The SMILES string of the molecule is CC1CC(C)CN(C(=O)CSCC(=O)Nc2nc(-c3ccc4c(c3)OCO4)cs2)C1. The van der Waals surface area contributed by atoms with Crippen molar-refractivity contribution in [2.45, 2.75) is 20.3 Å². The van der Waals surface area contributed by atoms with Crippen molar-refractivity contribution in [2.75, 3.05) is 36.7 Å². The van der Waals surface area contributed by atoms with Gasteiger partial charge in [-0.05, 0) is 36.5 Å². The molecule has 0 radical (unpaired) electrons. The topological polar surface area (TPSA) is 80.8 Å². The fraction of sp³-hybridized carbons (Fsp3) is 0.476. The summed E-state index contributed by atoms with van der Waals surface area (Å²) in [5.41, 5.74) is 1.67. The quantitative estimate of drug-likeness (QED) is 0.727. The van der Waals surface area contributed by atoms with Crippen molar-refractivity contribution in [2.24, 2.45) is 11.8 Å². The molecule has 0 saturated carbocycles. The van der Waals surface area contributed by atoms with Crippen LogP contribution in [0.1, 0.15) is 20.3 Å². The number of ether oxygens (including phenoxy) is 2. The first kappa shape index (κ1) is 21.0. The Balaban J connectivity index is 1.24. The molecular weight excluding hydrogens is 422 g/mol. The lowest BCUT2D eigenvalue weighted by atomic mass is 9.92. The van der Waals surface area contributed by atoms with Gasteiger partial charge in [-0.3, -0.25) is 9.59 Å². The van der Waals surface area contributed by atoms with E-state index in [1.54, 1.807) is 0 Å². The monoisotopic (exact) mass is 447 g/mol. The standard InChI is InChI=1S/C21H25N3O4S2/c1-13-5-14(2)8-24(7-13)20(26)11-29-10-19(25)23-21-22-16(9-30-21)15-3-4-17-18(6-15)28-12-27-17/h3-4,6,9,13-14H,5,7-8,10-12H2,1-2H3,(H,22,23,25). The minimum Gasteiger partial charge on any atom is -0.454 e. The van der Waals surface area contributed by atoms with Crippen molar-refractivity contribution in [1.82, 2.24) is 9.88 Å². The molecular formula is C21H25N3O4S2. The lowest BCUT2D eigenvalue weighted by Crippen LogP contribution is -2.43. The van der Waals surface area contributed by atoms with Crippen LogP contribution in [0.2, 0.25) is 0 Å². The average Bonchev–Trinajstić information content (AvgIpc) is 3.35. The molecule has 4 rings (SSSR count). The molecule has 2 aromatic rings. The zero-order chi connectivity index (χ0) is 21.1. The van der Waals surface area contributed by atoms with Crippen LogP contribution in [-0.2, 0) is 9.59 Å². The van der Waals surface area contributed by atoms with Gasteiger partial charge < -0.3 is 19.7 Å². The van der Waals surface area contributed by atoms with Crippen molar-refractivity contribution in [3.63, 3.8) is 0 Å². The fourth-order valence-corrected chi connectivity index (χ4v) is 5.32. The number of hydrogen-bond acceptors (Lipinski definition) is 7. The summed E-state index contributed by atoms with van der Waals surface area (Å²) in [7, 11) is 0. The number of rotatable bonds is 6. The van der Waals surface area contributed by atoms with Gasteiger partial charge in [-0.2, -0.15) is 0 Å². The van der Waals surface area contributed by atoms with Crippen LogP contribution in [0.15, 0.2) is 23.6 Å². The normalized spacial score (nSPS) is 20.3. The highest BCUT2D eigenvalue weighted by atomic mass is 32.2. The van der Waals surface area contributed by atoms with E-state index in [1.807, 2.05) is 28.5 Å². The van der Waals surface area contributed by atoms with Crippen molar-refractivity contribution in [3.05, 3.63) is 23.6 Å². The molecule has 1 fully saturated rings. The predicted octanol–water partition coefficient (Wildman–Crippen LogP) is 3.72. The van der Waals surface area contributed by atoms with Gasteiger partial charge in [-0.15, -0.1) is 23.1 Å². The Kier molecular flexibility index (Phi) is 6.48. The zero-order valence-corrected chi connectivity index (χ0v) is 18.7. The summed E-state index contributed by atoms with van der Waals surface area (Å²) in [6.45, 7) is 6.23. The van der Waals surface area contributed by atoms with Crippen LogP contribution in [0.3, 0.4) is 0 Å². The van der Waals surface area contributed by atoms with E-state index in [4.69, 9.17) is 9.47 Å². The van der Waals surface area contributed by atoms with Gasteiger partial charge in [0.25, 0.3) is 0 Å². The van der Waals surface area contributed by atoms with Crippen molar-refractivity contribution in [1.29, 1.82) is 0 Å². The first-order chi connectivity index (χ1) is 14.5. The second-order valence-electron chi connectivity index (χ2n) is 7.89. The number of likely N-dealkylation sites (tertiary alicyclic amines) is 1. The zero-order valence-electron chi connectivity index (χ0n) is 17.1. The minimum absolute atomic E-state index is 0.116. The molecule has 2 aliphatic heterocycles. The van der Waals surface area contributed by atoms with E-state index in [-0.39, 0.29) is 24.4 Å². The fourth-order valence-electron chi connectivity index (χ4n) is 3.86. The van der Waals surface area contributed by atoms with Gasteiger partial charge in [-0.25, -0.2) is 4.98 Å². The summed E-state index contributed by atoms with van der Waals surface area (Å²) < 4.78 is 10.7. The number of carbonyl (C=O) groups is 2. The molecule has 0 aliphatic carbocycles. The smallest absolute Gasteiger partial charge is 0.236 e. The molecule has 9 heteroatoms. The van der Waals surface area contributed by atoms with Gasteiger partial charge in [0.05, 0.1) is 17.2 Å². The van der Waals surface area contributed by atoms with Crippen LogP contribution < -0.4 is 14.8 Å². The molecule has 1 saturated heterocycles. The van der Waals surface area contributed by atoms with Gasteiger partial charge in [0.1, 0.15) is 0 Å². The second-order valence-corrected chi connectivity index (χ2v) is 9.74. The highest BCUT2D eigenvalue weighted by molar-refractivity contribution is 8.00. The van der Waals surface area contributed by atoms with E-state index < -0.39 is 0 Å². The van der Waals surface area contributed by atoms with Gasteiger partial charge in [0.2, 0.25) is 18.6 Å². The first-order valence-corrected chi connectivity index (χ1v) is 12.0. The van der Waals surface area contributed by atoms with Crippen molar-refractivity contribution >= 4 is 40.0 Å². The Morgan fingerprint density at radius 2 is 1.97 bits per heavy atom. The maximum atomic E-state index is 12.4. The molecule has 1 aromatic carbocycles. The van der Waals surface area contributed by atoms with Gasteiger partial charge >= 0.3 is 0 Å². The average molecular weight is 448 g/mol. The number of fused-ring (bicyclic) bond motifs is 1. The molecule has 160 valence electrons. The van der Waals surface area contributed by atoms with Crippen LogP contribution in [0.25, 0.3) is 11.3 Å². The van der Waals surface area contributed by atoms with Crippen LogP contribution in [0, 0.1) is 11.8 Å². The second kappa shape index (κ2) is 9.26. The van der Waals surface area contributed by atoms with Crippen molar-refractivity contribution < 1.29 is 19.1 Å². The molecule has 2 amide bonds. The third-order valence-corrected chi connectivity index (χ3v) is 6.77. The number of nitrogens with one attached hydrogen (secondary N) is 1. The molecule has 1 aromatic heterocycles. The van der Waals surface area contributed by atoms with Crippen LogP contribution in [0.5, 0.6) is 11.5 Å². The molecule has 2 atom stereocenters. The number of benzene rings is 1. The Labute approximate surface area is 184 Å². The summed E-state index contributed by atoms with van der Waals surface area (Å²) in [4.78, 5) is 31.1. The van der Waals surface area contributed by atoms with Gasteiger partial charge in [0.15, 0.2) is 16.6 Å². The minimum atomic E-state index is -0.153. The molecule has 2 unspecified atom stereocenters. The van der Waals surface area contributed by atoms with Gasteiger partial charge in [0, 0.05) is 24.0 Å². The lowest BCUT2D eigenvalue weighted by Gasteiger charge is -2.35. The predicted molar refractivity (Wildman–Crippen MR) is 119 cm³/mol. The van der Waals surface area contributed by atoms with Crippen LogP contribution in [0.4, 0.5) is 5.13 Å². The molecule has 3 heterocycles. The van der Waals surface area contributed by atoms with E-state index in [0.29, 0.717) is 28.5 Å². The number of nitrogens with zero attached hydrogens (tertiary/aromatic N) is 2. The molecule has 0 spiro atoms. The number of piperidine rings is 1. The third-order valence-electron chi connectivity index (χ3n) is 5.10. The lowest BCUT2D eigenvalue weighted by molar-refractivity contribution is -0.130. The first-order valence-electron chi connectivity index (χ1n) is 9.99. The van der Waals surface area contributed by atoms with Crippen LogP contribution >= 0.6 is 23.1 Å². The molecule has 0 bridgehead atoms. The van der Waals surface area contributed by atoms with E-state index >= 15 is 0 Å².